The molecular formula is C15H8ClF6N3. The van der Waals surface area contributed by atoms with E-state index in [1.165, 1.54) is 31.2 Å². The van der Waals surface area contributed by atoms with Gasteiger partial charge in [-0.1, -0.05) is 17.7 Å². The van der Waals surface area contributed by atoms with Crippen LogP contribution in [-0.4, -0.2) is 14.8 Å². The molecule has 10 heteroatoms. The van der Waals surface area contributed by atoms with E-state index in [0.29, 0.717) is 0 Å². The van der Waals surface area contributed by atoms with Gasteiger partial charge >= 0.3 is 12.4 Å². The van der Waals surface area contributed by atoms with Crippen LogP contribution in [-0.2, 0) is 12.4 Å². The number of nitrogens with zero attached hydrogens (tertiary/aromatic N) is 3. The van der Waals surface area contributed by atoms with Gasteiger partial charge in [-0.25, -0.2) is 9.67 Å². The van der Waals surface area contributed by atoms with Gasteiger partial charge in [0.25, 0.3) is 0 Å². The van der Waals surface area contributed by atoms with Crippen molar-refractivity contribution in [2.24, 2.45) is 0 Å². The number of rotatable bonds is 1. The highest BCUT2D eigenvalue weighted by molar-refractivity contribution is 6.30. The topological polar surface area (TPSA) is 30.7 Å². The van der Waals surface area contributed by atoms with Crippen molar-refractivity contribution in [3.63, 3.8) is 0 Å². The van der Waals surface area contributed by atoms with Crippen LogP contribution in [0, 0.1) is 6.92 Å². The van der Waals surface area contributed by atoms with Gasteiger partial charge in [-0.2, -0.15) is 31.4 Å². The summed E-state index contributed by atoms with van der Waals surface area (Å²) in [5.41, 5.74) is -3.51. The smallest absolute Gasteiger partial charge is 0.223 e. The van der Waals surface area contributed by atoms with Crippen LogP contribution in [0.5, 0.6) is 0 Å². The zero-order valence-electron chi connectivity index (χ0n) is 12.4. The maximum atomic E-state index is 13.3. The fourth-order valence-corrected chi connectivity index (χ4v) is 2.63. The molecule has 132 valence electrons. The van der Waals surface area contributed by atoms with Crippen LogP contribution >= 0.6 is 11.6 Å². The molecular weight excluding hydrogens is 372 g/mol. The molecule has 0 aliphatic carbocycles. The molecule has 0 aliphatic rings. The van der Waals surface area contributed by atoms with Gasteiger partial charge in [-0.05, 0) is 31.2 Å². The van der Waals surface area contributed by atoms with Gasteiger partial charge in [0.15, 0.2) is 5.65 Å². The number of fused-ring (bicyclic) bond motifs is 1. The second-order valence-corrected chi connectivity index (χ2v) is 5.66. The van der Waals surface area contributed by atoms with Crippen molar-refractivity contribution in [1.82, 2.24) is 14.8 Å². The first-order chi connectivity index (χ1) is 11.5. The molecule has 0 radical (unpaired) electrons. The molecule has 0 fully saturated rings. The Hall–Kier alpha value is -2.29. The van der Waals surface area contributed by atoms with E-state index in [2.05, 4.69) is 10.1 Å². The van der Waals surface area contributed by atoms with Crippen LogP contribution in [0.4, 0.5) is 26.3 Å². The molecule has 0 bridgehead atoms. The summed E-state index contributed by atoms with van der Waals surface area (Å²) < 4.78 is 79.8. The zero-order chi connectivity index (χ0) is 18.6. The highest BCUT2D eigenvalue weighted by atomic mass is 35.5. The predicted molar refractivity (Wildman–Crippen MR) is 78.6 cm³/mol. The summed E-state index contributed by atoms with van der Waals surface area (Å²) in [5, 5.41) is 3.69. The van der Waals surface area contributed by atoms with Crippen molar-refractivity contribution < 1.29 is 26.3 Å². The molecule has 2 heterocycles. The SMILES string of the molecule is Cc1nn(-c2cccc(Cl)c2)c2nc(C(F)(F)F)cc(C(F)(F)F)c12. The number of hydrogen-bond donors (Lipinski definition) is 0. The van der Waals surface area contributed by atoms with E-state index < -0.39 is 34.6 Å². The van der Waals surface area contributed by atoms with Gasteiger partial charge in [-0.15, -0.1) is 0 Å². The van der Waals surface area contributed by atoms with Gasteiger partial charge < -0.3 is 0 Å². The Morgan fingerprint density at radius 1 is 1.00 bits per heavy atom. The Bertz CT molecular complexity index is 958. The summed E-state index contributed by atoms with van der Waals surface area (Å²) in [5.74, 6) is 0. The minimum Gasteiger partial charge on any atom is -0.223 e. The van der Waals surface area contributed by atoms with Gasteiger partial charge in [0, 0.05) is 5.02 Å². The zero-order valence-corrected chi connectivity index (χ0v) is 13.1. The van der Waals surface area contributed by atoms with Crippen molar-refractivity contribution in [3.8, 4) is 5.69 Å². The minimum absolute atomic E-state index is 0.000670. The summed E-state index contributed by atoms with van der Waals surface area (Å²) in [6.07, 6.45) is -10.0. The molecule has 0 amide bonds. The molecule has 3 nitrogen and oxygen atoms in total. The van der Waals surface area contributed by atoms with Gasteiger partial charge in [-0.3, -0.25) is 0 Å². The molecule has 1 aromatic carbocycles. The van der Waals surface area contributed by atoms with Crippen LogP contribution in [0.15, 0.2) is 30.3 Å². The van der Waals surface area contributed by atoms with E-state index in [9.17, 15) is 26.3 Å². The lowest BCUT2D eigenvalue weighted by atomic mass is 10.1. The Labute approximate surface area is 141 Å². The normalized spacial score (nSPS) is 12.8. The monoisotopic (exact) mass is 379 g/mol. The van der Waals surface area contributed by atoms with Crippen molar-refractivity contribution in [3.05, 3.63) is 52.3 Å². The maximum Gasteiger partial charge on any atom is 0.433 e. The average molecular weight is 380 g/mol. The van der Waals surface area contributed by atoms with Crippen molar-refractivity contribution in [2.45, 2.75) is 19.3 Å². The predicted octanol–water partition coefficient (Wildman–Crippen LogP) is 5.42. The highest BCUT2D eigenvalue weighted by Crippen LogP contribution is 2.40. The second kappa shape index (κ2) is 5.62. The van der Waals surface area contributed by atoms with E-state index in [1.54, 1.807) is 0 Å². The summed E-state index contributed by atoms with van der Waals surface area (Å²) in [6, 6.07) is 5.83. The number of halogens is 7. The number of hydrogen-bond acceptors (Lipinski definition) is 2. The Balaban J connectivity index is 2.42. The highest BCUT2D eigenvalue weighted by Gasteiger charge is 2.40. The minimum atomic E-state index is -5.04. The maximum absolute atomic E-state index is 13.3. The number of aromatic nitrogens is 3. The van der Waals surface area contributed by atoms with Gasteiger partial charge in [0.2, 0.25) is 0 Å². The van der Waals surface area contributed by atoms with Crippen molar-refractivity contribution in [1.29, 1.82) is 0 Å². The number of benzene rings is 1. The average Bonchev–Trinajstić information content (AvgIpc) is 2.82. The third-order valence-electron chi connectivity index (χ3n) is 3.46. The molecule has 3 rings (SSSR count). The van der Waals surface area contributed by atoms with E-state index in [4.69, 9.17) is 11.6 Å². The van der Waals surface area contributed by atoms with E-state index in [1.807, 2.05) is 0 Å². The fraction of sp³-hybridized carbons (Fsp3) is 0.200. The third-order valence-corrected chi connectivity index (χ3v) is 3.70. The van der Waals surface area contributed by atoms with Crippen LogP contribution in [0.25, 0.3) is 16.7 Å². The molecule has 0 spiro atoms. The molecule has 0 unspecified atom stereocenters. The van der Waals surface area contributed by atoms with Crippen LogP contribution in [0.2, 0.25) is 5.02 Å². The van der Waals surface area contributed by atoms with Crippen LogP contribution in [0.3, 0.4) is 0 Å². The van der Waals surface area contributed by atoms with E-state index in [-0.39, 0.29) is 22.5 Å². The number of aryl methyl sites for hydroxylation is 1. The Kier molecular flexibility index (Phi) is 3.94. The first-order valence-corrected chi connectivity index (χ1v) is 7.17. The standard InChI is InChI=1S/C15H8ClF6N3/c1-7-12-10(14(17,18)19)6-11(15(20,21)22)23-13(12)25(24-7)9-4-2-3-8(16)5-9/h2-6H,1H3. The summed E-state index contributed by atoms with van der Waals surface area (Å²) in [4.78, 5) is 3.38. The number of pyridine rings is 1. The van der Waals surface area contributed by atoms with Crippen molar-refractivity contribution >= 4 is 22.6 Å². The van der Waals surface area contributed by atoms with Gasteiger partial charge in [0.05, 0.1) is 22.3 Å². The van der Waals surface area contributed by atoms with Crippen LogP contribution in [0.1, 0.15) is 17.0 Å². The molecule has 3 aromatic rings. The molecule has 0 aliphatic heterocycles. The second-order valence-electron chi connectivity index (χ2n) is 5.23. The number of alkyl halides is 6. The Morgan fingerprint density at radius 2 is 1.68 bits per heavy atom. The summed E-state index contributed by atoms with van der Waals surface area (Å²) in [6.45, 7) is 1.27. The lowest BCUT2D eigenvalue weighted by Gasteiger charge is -2.13. The summed E-state index contributed by atoms with van der Waals surface area (Å²) >= 11 is 5.84. The molecule has 0 atom stereocenters. The lowest BCUT2D eigenvalue weighted by Crippen LogP contribution is -2.14. The molecule has 0 N–H and O–H groups in total. The fourth-order valence-electron chi connectivity index (χ4n) is 2.45. The first kappa shape index (κ1) is 17.5. The molecule has 2 aromatic heterocycles. The largest absolute Gasteiger partial charge is 0.433 e. The quantitative estimate of drug-likeness (QED) is 0.529. The van der Waals surface area contributed by atoms with Gasteiger partial charge in [0.1, 0.15) is 5.69 Å². The lowest BCUT2D eigenvalue weighted by molar-refractivity contribution is -0.144. The first-order valence-electron chi connectivity index (χ1n) is 6.79. The van der Waals surface area contributed by atoms with E-state index >= 15 is 0 Å². The van der Waals surface area contributed by atoms with Crippen molar-refractivity contribution in [2.75, 3.05) is 0 Å². The molecule has 0 saturated carbocycles. The molecule has 0 saturated heterocycles. The van der Waals surface area contributed by atoms with E-state index in [0.717, 1.165) is 4.68 Å². The third kappa shape index (κ3) is 3.15. The Morgan fingerprint density at radius 3 is 2.24 bits per heavy atom. The van der Waals surface area contributed by atoms with Crippen LogP contribution < -0.4 is 0 Å². The summed E-state index contributed by atoms with van der Waals surface area (Å²) in [7, 11) is 0. The molecule has 25 heavy (non-hydrogen) atoms.